The van der Waals surface area contributed by atoms with Crippen molar-refractivity contribution in [2.45, 2.75) is 26.4 Å². The number of esters is 1. The first-order chi connectivity index (χ1) is 7.85. The smallest absolute Gasteiger partial charge is 0.355 e. The minimum Gasteiger partial charge on any atom is -0.455 e. The Balaban J connectivity index is 2.33. The Kier molecular flexibility index (Phi) is 2.87. The third-order valence-corrected chi connectivity index (χ3v) is 2.44. The van der Waals surface area contributed by atoms with E-state index in [1.54, 1.807) is 18.2 Å². The number of aromatic amines is 1. The van der Waals surface area contributed by atoms with E-state index in [-0.39, 0.29) is 5.97 Å². The first-order valence-electron chi connectivity index (χ1n) is 5.37. The second kappa shape index (κ2) is 4.08. The highest BCUT2D eigenvalue weighted by molar-refractivity contribution is 6.31. The molecule has 0 saturated carbocycles. The standard InChI is InChI=1S/C13H14ClNO2/c1-13(2,3)17-12(16)11-7-8-6-9(14)4-5-10(8)15-11/h4-7,15H,1-3H3. The van der Waals surface area contributed by atoms with E-state index in [0.29, 0.717) is 10.7 Å². The Labute approximate surface area is 105 Å². The molecule has 2 aromatic rings. The molecule has 1 N–H and O–H groups in total. The normalized spacial score (nSPS) is 11.8. The van der Waals surface area contributed by atoms with Crippen molar-refractivity contribution in [3.8, 4) is 0 Å². The molecule has 0 unspecified atom stereocenters. The lowest BCUT2D eigenvalue weighted by atomic mass is 10.2. The molecule has 0 radical (unpaired) electrons. The van der Waals surface area contributed by atoms with Crippen LogP contribution in [0.4, 0.5) is 0 Å². The van der Waals surface area contributed by atoms with Gasteiger partial charge >= 0.3 is 5.97 Å². The molecule has 0 aliphatic carbocycles. The van der Waals surface area contributed by atoms with Gasteiger partial charge in [0.15, 0.2) is 0 Å². The van der Waals surface area contributed by atoms with Crippen LogP contribution in [-0.4, -0.2) is 16.6 Å². The summed E-state index contributed by atoms with van der Waals surface area (Å²) in [5.41, 5.74) is 0.818. The maximum Gasteiger partial charge on any atom is 0.355 e. The molecule has 1 heterocycles. The summed E-state index contributed by atoms with van der Waals surface area (Å²) in [5, 5.41) is 1.55. The Hall–Kier alpha value is -1.48. The number of fused-ring (bicyclic) bond motifs is 1. The van der Waals surface area contributed by atoms with Gasteiger partial charge < -0.3 is 9.72 Å². The van der Waals surface area contributed by atoms with Crippen LogP contribution in [0.15, 0.2) is 24.3 Å². The van der Waals surface area contributed by atoms with Crippen molar-refractivity contribution in [3.63, 3.8) is 0 Å². The maximum atomic E-state index is 11.8. The van der Waals surface area contributed by atoms with Crippen LogP contribution in [0.2, 0.25) is 5.02 Å². The van der Waals surface area contributed by atoms with Crippen molar-refractivity contribution < 1.29 is 9.53 Å². The second-order valence-corrected chi connectivity index (χ2v) is 5.35. The highest BCUT2D eigenvalue weighted by Crippen LogP contribution is 2.21. The topological polar surface area (TPSA) is 42.1 Å². The van der Waals surface area contributed by atoms with Gasteiger partial charge in [-0.05, 0) is 45.0 Å². The largest absolute Gasteiger partial charge is 0.455 e. The van der Waals surface area contributed by atoms with Crippen LogP contribution in [0, 0.1) is 0 Å². The van der Waals surface area contributed by atoms with E-state index in [9.17, 15) is 4.79 Å². The molecule has 0 aliphatic heterocycles. The Morgan fingerprint density at radius 3 is 2.65 bits per heavy atom. The first kappa shape index (κ1) is 12.0. The Morgan fingerprint density at radius 2 is 2.00 bits per heavy atom. The number of rotatable bonds is 1. The molecule has 1 aromatic carbocycles. The highest BCUT2D eigenvalue weighted by Gasteiger charge is 2.19. The minimum atomic E-state index is -0.494. The van der Waals surface area contributed by atoms with Crippen molar-refractivity contribution in [1.82, 2.24) is 4.98 Å². The van der Waals surface area contributed by atoms with E-state index in [1.165, 1.54) is 0 Å². The summed E-state index contributed by atoms with van der Waals surface area (Å²) in [7, 11) is 0. The minimum absolute atomic E-state index is 0.357. The number of benzene rings is 1. The summed E-state index contributed by atoms with van der Waals surface area (Å²) >= 11 is 5.88. The van der Waals surface area contributed by atoms with Crippen molar-refractivity contribution >= 4 is 28.5 Å². The third kappa shape index (κ3) is 2.80. The van der Waals surface area contributed by atoms with Crippen LogP contribution in [0.5, 0.6) is 0 Å². The van der Waals surface area contributed by atoms with Gasteiger partial charge in [-0.15, -0.1) is 0 Å². The zero-order valence-electron chi connectivity index (χ0n) is 10.0. The lowest BCUT2D eigenvalue weighted by Gasteiger charge is -2.18. The van der Waals surface area contributed by atoms with Crippen molar-refractivity contribution in [1.29, 1.82) is 0 Å². The fourth-order valence-corrected chi connectivity index (χ4v) is 1.73. The van der Waals surface area contributed by atoms with Crippen LogP contribution < -0.4 is 0 Å². The number of ether oxygens (including phenoxy) is 1. The summed E-state index contributed by atoms with van der Waals surface area (Å²) in [6.07, 6.45) is 0. The third-order valence-electron chi connectivity index (χ3n) is 2.20. The number of aromatic nitrogens is 1. The number of hydrogen-bond acceptors (Lipinski definition) is 2. The summed E-state index contributed by atoms with van der Waals surface area (Å²) in [6.45, 7) is 5.51. The molecule has 0 atom stereocenters. The first-order valence-corrected chi connectivity index (χ1v) is 5.74. The van der Waals surface area contributed by atoms with Gasteiger partial charge in [0.1, 0.15) is 11.3 Å². The number of halogens is 1. The molecule has 0 aliphatic rings. The molecule has 90 valence electrons. The lowest BCUT2D eigenvalue weighted by Crippen LogP contribution is -2.24. The second-order valence-electron chi connectivity index (χ2n) is 4.92. The number of carbonyl (C=O) groups excluding carboxylic acids is 1. The van der Waals surface area contributed by atoms with Gasteiger partial charge in [-0.2, -0.15) is 0 Å². The molecule has 2 rings (SSSR count). The molecular weight excluding hydrogens is 238 g/mol. The van der Waals surface area contributed by atoms with Crippen molar-refractivity contribution in [2.75, 3.05) is 0 Å². The van der Waals surface area contributed by atoms with E-state index in [1.807, 2.05) is 26.8 Å². The number of hydrogen-bond donors (Lipinski definition) is 1. The zero-order chi connectivity index (χ0) is 12.6. The quantitative estimate of drug-likeness (QED) is 0.784. The SMILES string of the molecule is CC(C)(C)OC(=O)c1cc2cc(Cl)ccc2[nH]1. The number of H-pyrrole nitrogens is 1. The van der Waals surface area contributed by atoms with Crippen LogP contribution in [0.3, 0.4) is 0 Å². The molecule has 4 heteroatoms. The fourth-order valence-electron chi connectivity index (χ4n) is 1.55. The van der Waals surface area contributed by atoms with Crippen LogP contribution >= 0.6 is 11.6 Å². The van der Waals surface area contributed by atoms with Crippen molar-refractivity contribution in [3.05, 3.63) is 35.0 Å². The molecule has 3 nitrogen and oxygen atoms in total. The maximum absolute atomic E-state index is 11.8. The lowest BCUT2D eigenvalue weighted by molar-refractivity contribution is 0.00639. The van der Waals surface area contributed by atoms with E-state index in [0.717, 1.165) is 10.9 Å². The molecule has 1 aromatic heterocycles. The molecule has 0 spiro atoms. The van der Waals surface area contributed by atoms with E-state index in [2.05, 4.69) is 4.98 Å². The van der Waals surface area contributed by atoms with E-state index < -0.39 is 5.60 Å². The molecular formula is C13H14ClNO2. The predicted molar refractivity (Wildman–Crippen MR) is 68.5 cm³/mol. The average molecular weight is 252 g/mol. The van der Waals surface area contributed by atoms with Crippen LogP contribution in [-0.2, 0) is 4.74 Å². The Morgan fingerprint density at radius 1 is 1.29 bits per heavy atom. The van der Waals surface area contributed by atoms with Gasteiger partial charge in [-0.25, -0.2) is 4.79 Å². The van der Waals surface area contributed by atoms with Gasteiger partial charge in [0, 0.05) is 15.9 Å². The van der Waals surface area contributed by atoms with Crippen LogP contribution in [0.1, 0.15) is 31.3 Å². The number of nitrogens with one attached hydrogen (secondary N) is 1. The Bertz CT molecular complexity index is 566. The number of carbonyl (C=O) groups is 1. The highest BCUT2D eigenvalue weighted by atomic mass is 35.5. The van der Waals surface area contributed by atoms with Crippen molar-refractivity contribution in [2.24, 2.45) is 0 Å². The van der Waals surface area contributed by atoms with E-state index >= 15 is 0 Å². The van der Waals surface area contributed by atoms with Gasteiger partial charge in [0.25, 0.3) is 0 Å². The average Bonchev–Trinajstić information content (AvgIpc) is 2.57. The molecule has 0 bridgehead atoms. The van der Waals surface area contributed by atoms with Crippen LogP contribution in [0.25, 0.3) is 10.9 Å². The molecule has 0 fully saturated rings. The van der Waals surface area contributed by atoms with Gasteiger partial charge in [0.05, 0.1) is 0 Å². The zero-order valence-corrected chi connectivity index (χ0v) is 10.8. The molecule has 0 amide bonds. The van der Waals surface area contributed by atoms with Gasteiger partial charge in [-0.3, -0.25) is 0 Å². The van der Waals surface area contributed by atoms with E-state index in [4.69, 9.17) is 16.3 Å². The summed E-state index contributed by atoms with van der Waals surface area (Å²) in [6, 6.07) is 7.17. The summed E-state index contributed by atoms with van der Waals surface area (Å²) in [5.74, 6) is -0.357. The van der Waals surface area contributed by atoms with Gasteiger partial charge in [0.2, 0.25) is 0 Å². The fraction of sp³-hybridized carbons (Fsp3) is 0.308. The molecule has 17 heavy (non-hydrogen) atoms. The monoisotopic (exact) mass is 251 g/mol. The molecule has 0 saturated heterocycles. The van der Waals surface area contributed by atoms with Gasteiger partial charge in [-0.1, -0.05) is 11.6 Å². The predicted octanol–water partition coefficient (Wildman–Crippen LogP) is 3.78. The summed E-state index contributed by atoms with van der Waals surface area (Å²) < 4.78 is 5.28. The summed E-state index contributed by atoms with van der Waals surface area (Å²) in [4.78, 5) is 14.8.